The maximum Gasteiger partial charge on any atom is 1.00 e. The van der Waals surface area contributed by atoms with E-state index in [-0.39, 0.29) is 101 Å². The molecule has 2 aromatic carbocycles. The second-order valence-electron chi connectivity index (χ2n) is 10.2. The van der Waals surface area contributed by atoms with Crippen LogP contribution in [0.3, 0.4) is 0 Å². The number of methoxy groups -OCH3 is 4. The molecular formula is C32H34F4N6Na2O9S2. The molecule has 4 aromatic heterocycles. The number of fused-ring (bicyclic) bond motifs is 2. The molecule has 0 bridgehead atoms. The summed E-state index contributed by atoms with van der Waals surface area (Å²) in [5.41, 5.74) is 2.76. The third-order valence-electron chi connectivity index (χ3n) is 7.01. The van der Waals surface area contributed by atoms with Gasteiger partial charge in [0.1, 0.15) is 11.5 Å². The zero-order chi connectivity index (χ0) is 37.4. The van der Waals surface area contributed by atoms with E-state index in [1.807, 2.05) is 0 Å². The Labute approximate surface area is 363 Å². The normalized spacial score (nSPS) is 11.7. The smallest absolute Gasteiger partial charge is 1.00 e. The number of pyridine rings is 2. The maximum atomic E-state index is 12.6. The minimum Gasteiger partial charge on any atom is -1.00 e. The van der Waals surface area contributed by atoms with E-state index in [4.69, 9.17) is 18.9 Å². The molecule has 4 N–H and O–H groups in total. The number of H-pyrrole nitrogens is 2. The predicted octanol–water partition coefficient (Wildman–Crippen LogP) is -0.823. The molecule has 0 saturated heterocycles. The Morgan fingerprint density at radius 3 is 1.35 bits per heavy atom. The van der Waals surface area contributed by atoms with Crippen LogP contribution in [-0.2, 0) is 33.1 Å². The number of aromatic amines is 2. The number of rotatable bonds is 14. The number of ether oxygens (including phenoxy) is 6. The molecule has 0 saturated carbocycles. The van der Waals surface area contributed by atoms with Crippen LogP contribution < -0.4 is 87.5 Å². The number of imidazole rings is 2. The second kappa shape index (κ2) is 22.3. The van der Waals surface area contributed by atoms with Gasteiger partial charge in [0, 0.05) is 36.7 Å². The van der Waals surface area contributed by atoms with E-state index < -0.39 is 34.8 Å². The monoisotopic (exact) mass is 832 g/mol. The van der Waals surface area contributed by atoms with Crippen molar-refractivity contribution in [2.75, 3.05) is 28.4 Å². The van der Waals surface area contributed by atoms with Gasteiger partial charge in [-0.3, -0.25) is 18.4 Å². The van der Waals surface area contributed by atoms with Gasteiger partial charge in [0.15, 0.2) is 33.3 Å². The van der Waals surface area contributed by atoms with Crippen molar-refractivity contribution in [3.8, 4) is 34.5 Å². The fourth-order valence-electron chi connectivity index (χ4n) is 4.79. The van der Waals surface area contributed by atoms with Crippen molar-refractivity contribution in [1.82, 2.24) is 29.9 Å². The van der Waals surface area contributed by atoms with Crippen LogP contribution in [0.15, 0.2) is 71.2 Å². The number of benzene rings is 2. The van der Waals surface area contributed by atoms with Crippen molar-refractivity contribution in [3.05, 3.63) is 72.3 Å². The largest absolute Gasteiger partial charge is 1.00 e. The van der Waals surface area contributed by atoms with E-state index in [0.717, 1.165) is 0 Å². The van der Waals surface area contributed by atoms with Crippen LogP contribution in [0.25, 0.3) is 22.1 Å². The summed E-state index contributed by atoms with van der Waals surface area (Å²) in [6.07, 6.45) is 3.06. The molecule has 0 aliphatic carbocycles. The number of nitrogens with zero attached hydrogens (tertiary/aromatic N) is 4. The molecule has 0 fully saturated rings. The van der Waals surface area contributed by atoms with Crippen molar-refractivity contribution in [1.29, 1.82) is 0 Å². The SMILES string of the molecule is COc1ccnc(CS(=O)c2nc3ccc(OC(F)F)cc3[nH]2)c1OC.COc1ccnc(CS(=O)c2nc3ccc(OC(F)F)cc3[nH]2)c1OC.O.[H-].[H-].[Na+].[Na+]. The Bertz CT molecular complexity index is 2080. The first-order valence-electron chi connectivity index (χ1n) is 14.8. The van der Waals surface area contributed by atoms with Gasteiger partial charge in [-0.1, -0.05) is 0 Å². The van der Waals surface area contributed by atoms with E-state index >= 15 is 0 Å². The van der Waals surface area contributed by atoms with Crippen molar-refractivity contribution in [3.63, 3.8) is 0 Å². The van der Waals surface area contributed by atoms with E-state index in [1.54, 1.807) is 12.1 Å². The Morgan fingerprint density at radius 2 is 1.02 bits per heavy atom. The van der Waals surface area contributed by atoms with Crippen LogP contribution in [0.5, 0.6) is 34.5 Å². The zero-order valence-electron chi connectivity index (χ0n) is 32.2. The third kappa shape index (κ3) is 12.2. The molecule has 23 heteroatoms. The molecule has 0 amide bonds. The van der Waals surface area contributed by atoms with E-state index in [9.17, 15) is 26.0 Å². The summed E-state index contributed by atoms with van der Waals surface area (Å²) in [7, 11) is 2.81. The molecule has 6 rings (SSSR count). The second-order valence-corrected chi connectivity index (χ2v) is 12.9. The molecule has 55 heavy (non-hydrogen) atoms. The quantitative estimate of drug-likeness (QED) is 0.102. The minimum absolute atomic E-state index is 0. The first-order chi connectivity index (χ1) is 25.0. The number of halogens is 4. The molecule has 4 heterocycles. The van der Waals surface area contributed by atoms with Crippen molar-refractivity contribution in [2.24, 2.45) is 0 Å². The molecule has 0 spiro atoms. The molecule has 2 unspecified atom stereocenters. The molecule has 15 nitrogen and oxygen atoms in total. The number of alkyl halides is 4. The van der Waals surface area contributed by atoms with Crippen molar-refractivity contribution < 1.29 is 122 Å². The molecular weight excluding hydrogens is 798 g/mol. The van der Waals surface area contributed by atoms with Crippen LogP contribution in [0, 0.1) is 0 Å². The van der Waals surface area contributed by atoms with Crippen LogP contribution >= 0.6 is 0 Å². The average Bonchev–Trinajstić information content (AvgIpc) is 3.75. The predicted molar refractivity (Wildman–Crippen MR) is 186 cm³/mol. The minimum atomic E-state index is -2.92. The topological polar surface area (TPSA) is 204 Å². The van der Waals surface area contributed by atoms with Crippen LogP contribution in [0.1, 0.15) is 14.2 Å². The number of hydrogen-bond acceptors (Lipinski definition) is 12. The summed E-state index contributed by atoms with van der Waals surface area (Å²) in [4.78, 5) is 22.5. The van der Waals surface area contributed by atoms with Crippen LogP contribution in [0.4, 0.5) is 17.6 Å². The van der Waals surface area contributed by atoms with Gasteiger partial charge in [-0.25, -0.2) is 9.97 Å². The Hall–Kier alpha value is -3.54. The average molecular weight is 833 g/mol. The van der Waals surface area contributed by atoms with Crippen LogP contribution in [-0.4, -0.2) is 85.5 Å². The van der Waals surface area contributed by atoms with Crippen LogP contribution in [0.2, 0.25) is 0 Å². The van der Waals surface area contributed by atoms with Crippen molar-refractivity contribution >= 4 is 43.7 Å². The molecule has 2 atom stereocenters. The summed E-state index contributed by atoms with van der Waals surface area (Å²) in [6.45, 7) is -5.84. The van der Waals surface area contributed by atoms with E-state index in [1.165, 1.54) is 77.2 Å². The summed E-state index contributed by atoms with van der Waals surface area (Å²) < 4.78 is 104. The van der Waals surface area contributed by atoms with Gasteiger partial charge >= 0.3 is 72.3 Å². The van der Waals surface area contributed by atoms with Gasteiger partial charge in [-0.2, -0.15) is 17.6 Å². The number of aromatic nitrogens is 6. The first-order valence-corrected chi connectivity index (χ1v) is 17.4. The Balaban J connectivity index is 0.00000101. The standard InChI is InChI=1S/2C16H15F2N3O4S.2Na.H2O.2H/c2*1-23-13-5-6-19-12(14(13)24-2)8-26(22)16-20-10-4-3-9(25-15(17)18)7-11(10)21-16;;;;;/h2*3-7,15H,8H2,1-2H3,(H,20,21);;;1H2;;/q;;2*+1;;2*-1. The van der Waals surface area contributed by atoms with Gasteiger partial charge in [0.25, 0.3) is 0 Å². The molecule has 288 valence electrons. The fourth-order valence-corrected chi connectivity index (χ4v) is 6.82. The molecule has 0 aliphatic rings. The van der Waals surface area contributed by atoms with Gasteiger partial charge in [0.2, 0.25) is 0 Å². The third-order valence-corrected chi connectivity index (χ3v) is 9.33. The first kappa shape index (κ1) is 47.6. The Morgan fingerprint density at radius 1 is 0.636 bits per heavy atom. The van der Waals surface area contributed by atoms with Crippen molar-refractivity contribution in [2.45, 2.75) is 35.0 Å². The summed E-state index contributed by atoms with van der Waals surface area (Å²) in [5, 5.41) is 0.390. The number of hydrogen-bond donors (Lipinski definition) is 2. The van der Waals surface area contributed by atoms with E-state index in [2.05, 4.69) is 39.4 Å². The summed E-state index contributed by atoms with van der Waals surface area (Å²) in [5.74, 6) is 1.82. The van der Waals surface area contributed by atoms with Gasteiger partial charge in [-0.15, -0.1) is 0 Å². The zero-order valence-corrected chi connectivity index (χ0v) is 35.9. The van der Waals surface area contributed by atoms with Gasteiger partial charge < -0.3 is 46.7 Å². The summed E-state index contributed by atoms with van der Waals surface area (Å²) >= 11 is 0. The maximum absolute atomic E-state index is 12.6. The molecule has 6 aromatic rings. The van der Waals surface area contributed by atoms with Gasteiger partial charge in [0.05, 0.1) is 95.0 Å². The summed E-state index contributed by atoms with van der Waals surface area (Å²) in [6, 6.07) is 11.8. The Kier molecular flexibility index (Phi) is 19.3. The molecule has 0 radical (unpaired) electrons. The fraction of sp³-hybridized carbons (Fsp3) is 0.250. The van der Waals surface area contributed by atoms with Gasteiger partial charge in [-0.05, 0) is 24.3 Å². The van der Waals surface area contributed by atoms with E-state index in [0.29, 0.717) is 56.5 Å². The number of nitrogens with one attached hydrogen (secondary N) is 2. The molecule has 0 aliphatic heterocycles.